The van der Waals surface area contributed by atoms with Gasteiger partial charge in [-0.15, -0.1) is 0 Å². The molecule has 112 valence electrons. The maximum atomic E-state index is 13.6. The van der Waals surface area contributed by atoms with E-state index in [0.717, 1.165) is 0 Å². The summed E-state index contributed by atoms with van der Waals surface area (Å²) >= 11 is 0. The quantitative estimate of drug-likeness (QED) is 0.612. The van der Waals surface area contributed by atoms with Crippen molar-refractivity contribution in [1.82, 2.24) is 0 Å². The number of methoxy groups -OCH3 is 1. The van der Waals surface area contributed by atoms with E-state index in [0.29, 0.717) is 12.1 Å². The Morgan fingerprint density at radius 3 is 2.55 bits per heavy atom. The standard InChI is InChI=1S/C10H13FN2O6S/c1-6(5-18-2)19-9-3-7(11)10(20(12,16)17)4-8(9)13(14)15/h3-4,6H,5H2,1-2H3,(H2,12,16,17). The highest BCUT2D eigenvalue weighted by molar-refractivity contribution is 7.89. The zero-order chi connectivity index (χ0) is 15.5. The van der Waals surface area contributed by atoms with Gasteiger partial charge in [-0.05, 0) is 6.92 Å². The van der Waals surface area contributed by atoms with E-state index in [1.54, 1.807) is 6.92 Å². The summed E-state index contributed by atoms with van der Waals surface area (Å²) in [5.41, 5.74) is -0.696. The monoisotopic (exact) mass is 308 g/mol. The van der Waals surface area contributed by atoms with E-state index in [1.165, 1.54) is 7.11 Å². The van der Waals surface area contributed by atoms with Crippen LogP contribution in [0.3, 0.4) is 0 Å². The molecule has 1 aromatic rings. The summed E-state index contributed by atoms with van der Waals surface area (Å²) in [7, 11) is -3.00. The normalized spacial score (nSPS) is 13.0. The maximum Gasteiger partial charge on any atom is 0.312 e. The molecule has 0 radical (unpaired) electrons. The van der Waals surface area contributed by atoms with Crippen molar-refractivity contribution in [2.45, 2.75) is 17.9 Å². The molecule has 0 spiro atoms. The largest absolute Gasteiger partial charge is 0.481 e. The van der Waals surface area contributed by atoms with Crippen LogP contribution in [0.25, 0.3) is 0 Å². The van der Waals surface area contributed by atoms with E-state index in [9.17, 15) is 22.9 Å². The number of rotatable bonds is 6. The van der Waals surface area contributed by atoms with Crippen molar-refractivity contribution in [2.75, 3.05) is 13.7 Å². The third-order valence-electron chi connectivity index (χ3n) is 2.25. The molecule has 8 nitrogen and oxygen atoms in total. The van der Waals surface area contributed by atoms with E-state index >= 15 is 0 Å². The third kappa shape index (κ3) is 3.85. The summed E-state index contributed by atoms with van der Waals surface area (Å²) in [5.74, 6) is -1.62. The minimum Gasteiger partial charge on any atom is -0.481 e. The van der Waals surface area contributed by atoms with Crippen LogP contribution in [0.1, 0.15) is 6.92 Å². The van der Waals surface area contributed by atoms with Crippen molar-refractivity contribution in [2.24, 2.45) is 5.14 Å². The molecule has 0 fully saturated rings. The van der Waals surface area contributed by atoms with Gasteiger partial charge in [-0.3, -0.25) is 10.1 Å². The van der Waals surface area contributed by atoms with Gasteiger partial charge in [-0.25, -0.2) is 17.9 Å². The fourth-order valence-electron chi connectivity index (χ4n) is 1.46. The van der Waals surface area contributed by atoms with E-state index in [-0.39, 0.29) is 6.61 Å². The fraction of sp³-hybridized carbons (Fsp3) is 0.400. The number of benzene rings is 1. The average Bonchev–Trinajstić information content (AvgIpc) is 2.26. The van der Waals surface area contributed by atoms with E-state index < -0.39 is 43.2 Å². The number of nitrogens with zero attached hydrogens (tertiary/aromatic N) is 1. The Hall–Kier alpha value is -1.78. The lowest BCUT2D eigenvalue weighted by molar-refractivity contribution is -0.386. The molecule has 1 aromatic carbocycles. The van der Waals surface area contributed by atoms with Gasteiger partial charge in [-0.2, -0.15) is 0 Å². The van der Waals surface area contributed by atoms with E-state index in [2.05, 4.69) is 0 Å². The van der Waals surface area contributed by atoms with Crippen LogP contribution in [0, 0.1) is 15.9 Å². The van der Waals surface area contributed by atoms with Crippen LogP contribution in [-0.2, 0) is 14.8 Å². The van der Waals surface area contributed by atoms with Crippen LogP contribution in [0.4, 0.5) is 10.1 Å². The van der Waals surface area contributed by atoms with Crippen LogP contribution < -0.4 is 9.88 Å². The highest BCUT2D eigenvalue weighted by atomic mass is 32.2. The molecule has 0 heterocycles. The van der Waals surface area contributed by atoms with Gasteiger partial charge in [0.15, 0.2) is 5.75 Å². The van der Waals surface area contributed by atoms with Gasteiger partial charge in [0.05, 0.1) is 11.5 Å². The molecule has 0 bridgehead atoms. The summed E-state index contributed by atoms with van der Waals surface area (Å²) in [6.07, 6.45) is -0.585. The van der Waals surface area contributed by atoms with Crippen molar-refractivity contribution in [3.05, 3.63) is 28.1 Å². The Morgan fingerprint density at radius 1 is 1.50 bits per heavy atom. The Bertz CT molecular complexity index is 618. The number of primary sulfonamides is 1. The first kappa shape index (κ1) is 16.3. The van der Waals surface area contributed by atoms with Crippen molar-refractivity contribution < 1.29 is 27.2 Å². The van der Waals surface area contributed by atoms with Gasteiger partial charge < -0.3 is 9.47 Å². The maximum absolute atomic E-state index is 13.6. The lowest BCUT2D eigenvalue weighted by Crippen LogP contribution is -2.19. The fourth-order valence-corrected chi connectivity index (χ4v) is 2.07. The van der Waals surface area contributed by atoms with Crippen molar-refractivity contribution in [1.29, 1.82) is 0 Å². The van der Waals surface area contributed by atoms with E-state index in [1.807, 2.05) is 0 Å². The lowest BCUT2D eigenvalue weighted by Gasteiger charge is -2.14. The van der Waals surface area contributed by atoms with Crippen LogP contribution in [0.2, 0.25) is 0 Å². The number of sulfonamides is 1. The van der Waals surface area contributed by atoms with Gasteiger partial charge in [0.2, 0.25) is 10.0 Å². The molecule has 1 atom stereocenters. The minimum absolute atomic E-state index is 0.121. The SMILES string of the molecule is COCC(C)Oc1cc(F)c(S(N)(=O)=O)cc1[N+](=O)[O-]. The molecule has 1 unspecified atom stereocenters. The zero-order valence-electron chi connectivity index (χ0n) is 10.7. The molecule has 0 saturated heterocycles. The number of hydrogen-bond acceptors (Lipinski definition) is 6. The highest BCUT2D eigenvalue weighted by Crippen LogP contribution is 2.32. The summed E-state index contributed by atoms with van der Waals surface area (Å²) < 4.78 is 45.8. The Morgan fingerprint density at radius 2 is 2.10 bits per heavy atom. The van der Waals surface area contributed by atoms with Crippen molar-refractivity contribution >= 4 is 15.7 Å². The first-order chi connectivity index (χ1) is 9.16. The number of nitro groups is 1. The minimum atomic E-state index is -4.40. The summed E-state index contributed by atoms with van der Waals surface area (Å²) in [6.45, 7) is 1.68. The predicted molar refractivity (Wildman–Crippen MR) is 66.4 cm³/mol. The number of hydrogen-bond donors (Lipinski definition) is 1. The average molecular weight is 308 g/mol. The topological polar surface area (TPSA) is 122 Å². The van der Waals surface area contributed by atoms with Crippen LogP contribution in [-0.4, -0.2) is 33.2 Å². The lowest BCUT2D eigenvalue weighted by atomic mass is 10.3. The van der Waals surface area contributed by atoms with Crippen molar-refractivity contribution in [3.63, 3.8) is 0 Å². The molecule has 10 heteroatoms. The van der Waals surface area contributed by atoms with Gasteiger partial charge in [0, 0.05) is 19.2 Å². The Balaban J connectivity index is 3.32. The highest BCUT2D eigenvalue weighted by Gasteiger charge is 2.25. The van der Waals surface area contributed by atoms with Crippen LogP contribution >= 0.6 is 0 Å². The molecule has 20 heavy (non-hydrogen) atoms. The second kappa shape index (κ2) is 6.11. The number of nitro benzene ring substituents is 1. The molecule has 0 saturated carbocycles. The number of ether oxygens (including phenoxy) is 2. The first-order valence-electron chi connectivity index (χ1n) is 5.33. The van der Waals surface area contributed by atoms with Gasteiger partial charge in [0.1, 0.15) is 16.8 Å². The molecule has 0 amide bonds. The Labute approximate surface area is 114 Å². The summed E-state index contributed by atoms with van der Waals surface area (Å²) in [5, 5.41) is 15.7. The van der Waals surface area contributed by atoms with Crippen molar-refractivity contribution in [3.8, 4) is 5.75 Å². The molecule has 1 rings (SSSR count). The third-order valence-corrected chi connectivity index (χ3v) is 3.17. The Kier molecular flexibility index (Phi) is 4.98. The van der Waals surface area contributed by atoms with E-state index in [4.69, 9.17) is 14.6 Å². The molecule has 2 N–H and O–H groups in total. The second-order valence-electron chi connectivity index (χ2n) is 3.94. The number of halogens is 1. The zero-order valence-corrected chi connectivity index (χ0v) is 11.5. The van der Waals surface area contributed by atoms with Gasteiger partial charge in [0.25, 0.3) is 0 Å². The molecule has 0 aliphatic rings. The van der Waals surface area contributed by atoms with Crippen LogP contribution in [0.5, 0.6) is 5.75 Å². The van der Waals surface area contributed by atoms with Gasteiger partial charge in [-0.1, -0.05) is 0 Å². The first-order valence-corrected chi connectivity index (χ1v) is 6.87. The molecule has 0 aliphatic heterocycles. The predicted octanol–water partition coefficient (Wildman–Crippen LogP) is 0.795. The second-order valence-corrected chi connectivity index (χ2v) is 5.47. The number of nitrogens with two attached hydrogens (primary N) is 1. The summed E-state index contributed by atoms with van der Waals surface area (Å²) in [6, 6.07) is 1.14. The molecular weight excluding hydrogens is 295 g/mol. The smallest absolute Gasteiger partial charge is 0.312 e. The van der Waals surface area contributed by atoms with Crippen LogP contribution in [0.15, 0.2) is 17.0 Å². The molecule has 0 aromatic heterocycles. The molecular formula is C10H13FN2O6S. The summed E-state index contributed by atoms with van der Waals surface area (Å²) in [4.78, 5) is 9.04. The van der Waals surface area contributed by atoms with Gasteiger partial charge >= 0.3 is 5.69 Å². The molecule has 0 aliphatic carbocycles.